The first-order valence-corrected chi connectivity index (χ1v) is 10.0. The number of benzene rings is 2. The van der Waals surface area contributed by atoms with Crippen LogP contribution in [0.1, 0.15) is 15.9 Å². The maximum Gasteiger partial charge on any atom is 0.338 e. The molecule has 2 rings (SSSR count). The van der Waals surface area contributed by atoms with Crippen molar-refractivity contribution < 1.29 is 22.7 Å². The van der Waals surface area contributed by atoms with Crippen LogP contribution >= 0.6 is 11.6 Å². The van der Waals surface area contributed by atoms with Crippen molar-refractivity contribution in [2.24, 2.45) is 0 Å². The van der Waals surface area contributed by atoms with E-state index in [0.29, 0.717) is 18.0 Å². The van der Waals surface area contributed by atoms with E-state index in [9.17, 15) is 18.0 Å². The number of carbonyl (C=O) groups excluding carboxylic acids is 2. The third-order valence-corrected chi connectivity index (χ3v) is 4.84. The highest BCUT2D eigenvalue weighted by Crippen LogP contribution is 2.12. The Kier molecular flexibility index (Phi) is 6.76. The minimum absolute atomic E-state index is 0.104. The Labute approximate surface area is 157 Å². The van der Waals surface area contributed by atoms with Gasteiger partial charge in [-0.05, 0) is 48.4 Å². The van der Waals surface area contributed by atoms with Gasteiger partial charge in [0.15, 0.2) is 16.4 Å². The van der Waals surface area contributed by atoms with E-state index in [-0.39, 0.29) is 10.5 Å². The van der Waals surface area contributed by atoms with Crippen LogP contribution in [0.5, 0.6) is 0 Å². The molecule has 0 fully saturated rings. The van der Waals surface area contributed by atoms with Gasteiger partial charge in [0.2, 0.25) is 0 Å². The first kappa shape index (κ1) is 19.9. The van der Waals surface area contributed by atoms with Gasteiger partial charge in [-0.25, -0.2) is 13.2 Å². The first-order valence-electron chi connectivity index (χ1n) is 7.74. The molecule has 26 heavy (non-hydrogen) atoms. The molecule has 8 heteroatoms. The number of halogens is 1. The molecule has 0 spiro atoms. The van der Waals surface area contributed by atoms with Crippen LogP contribution in [0, 0.1) is 0 Å². The lowest BCUT2D eigenvalue weighted by atomic mass is 10.1. The highest BCUT2D eigenvalue weighted by Gasteiger charge is 2.12. The minimum atomic E-state index is -3.33. The molecule has 0 unspecified atom stereocenters. The van der Waals surface area contributed by atoms with Gasteiger partial charge in [-0.15, -0.1) is 0 Å². The zero-order valence-corrected chi connectivity index (χ0v) is 15.6. The second-order valence-corrected chi connectivity index (χ2v) is 8.05. The van der Waals surface area contributed by atoms with Gasteiger partial charge in [0.1, 0.15) is 0 Å². The third-order valence-electron chi connectivity index (χ3n) is 3.48. The number of rotatable bonds is 7. The van der Waals surface area contributed by atoms with Gasteiger partial charge in [-0.3, -0.25) is 4.79 Å². The molecular formula is C18H18ClNO5S. The van der Waals surface area contributed by atoms with Crippen molar-refractivity contribution in [2.45, 2.75) is 11.3 Å². The summed E-state index contributed by atoms with van der Waals surface area (Å²) in [6.45, 7) is -0.0258. The molecule has 2 aromatic rings. The van der Waals surface area contributed by atoms with Crippen LogP contribution in [0.4, 0.5) is 0 Å². The molecule has 6 nitrogen and oxygen atoms in total. The van der Waals surface area contributed by atoms with Crippen molar-refractivity contribution >= 4 is 33.3 Å². The van der Waals surface area contributed by atoms with E-state index in [1.807, 2.05) is 18.2 Å². The maximum absolute atomic E-state index is 11.9. The molecule has 0 heterocycles. The number of sulfone groups is 1. The lowest BCUT2D eigenvalue weighted by Gasteiger charge is -2.07. The number of amides is 1. The Morgan fingerprint density at radius 3 is 2.42 bits per heavy atom. The van der Waals surface area contributed by atoms with E-state index < -0.39 is 28.3 Å². The summed E-state index contributed by atoms with van der Waals surface area (Å²) >= 11 is 5.89. The molecule has 138 valence electrons. The Morgan fingerprint density at radius 1 is 1.12 bits per heavy atom. The highest BCUT2D eigenvalue weighted by molar-refractivity contribution is 7.90. The molecule has 0 saturated carbocycles. The third kappa shape index (κ3) is 6.16. The van der Waals surface area contributed by atoms with Crippen LogP contribution < -0.4 is 5.32 Å². The number of ether oxygens (including phenoxy) is 1. The normalized spacial score (nSPS) is 11.0. The fourth-order valence-electron chi connectivity index (χ4n) is 2.14. The van der Waals surface area contributed by atoms with Crippen LogP contribution in [-0.2, 0) is 25.8 Å². The summed E-state index contributed by atoms with van der Waals surface area (Å²) in [4.78, 5) is 23.7. The summed E-state index contributed by atoms with van der Waals surface area (Å²) in [5.74, 6) is -1.12. The van der Waals surface area contributed by atoms with Crippen LogP contribution in [0.3, 0.4) is 0 Å². The summed E-state index contributed by atoms with van der Waals surface area (Å²) in [7, 11) is -3.33. The summed E-state index contributed by atoms with van der Waals surface area (Å²) in [5.41, 5.74) is 1.16. The molecule has 0 radical (unpaired) electrons. The SMILES string of the molecule is CS(=O)(=O)c1ccc(C(=O)OCC(=O)NCCc2cccc(Cl)c2)cc1. The standard InChI is InChI=1S/C18H18ClNO5S/c1-26(23,24)16-7-5-14(6-8-16)18(22)25-12-17(21)20-10-9-13-3-2-4-15(19)11-13/h2-8,11H,9-10,12H2,1H3,(H,20,21). The second kappa shape index (κ2) is 8.82. The average Bonchev–Trinajstić information content (AvgIpc) is 2.59. The van der Waals surface area contributed by atoms with Gasteiger partial charge in [0.25, 0.3) is 5.91 Å². The lowest BCUT2D eigenvalue weighted by molar-refractivity contribution is -0.124. The highest BCUT2D eigenvalue weighted by atomic mass is 35.5. The smallest absolute Gasteiger partial charge is 0.338 e. The zero-order valence-electron chi connectivity index (χ0n) is 14.1. The second-order valence-electron chi connectivity index (χ2n) is 5.60. The van der Waals surface area contributed by atoms with E-state index in [2.05, 4.69) is 5.32 Å². The molecule has 0 bridgehead atoms. The average molecular weight is 396 g/mol. The monoisotopic (exact) mass is 395 g/mol. The predicted octanol–water partition coefficient (Wildman–Crippen LogP) is 2.26. The van der Waals surface area contributed by atoms with Gasteiger partial charge in [-0.2, -0.15) is 0 Å². The molecule has 2 aromatic carbocycles. The summed E-state index contributed by atoms with van der Waals surface area (Å²) in [5, 5.41) is 3.28. The lowest BCUT2D eigenvalue weighted by Crippen LogP contribution is -2.30. The van der Waals surface area contributed by atoms with Gasteiger partial charge >= 0.3 is 5.97 Å². The molecular weight excluding hydrogens is 378 g/mol. The number of hydrogen-bond donors (Lipinski definition) is 1. The van der Waals surface area contributed by atoms with Gasteiger partial charge < -0.3 is 10.1 Å². The Hall–Kier alpha value is -2.38. The molecule has 0 aliphatic heterocycles. The summed E-state index contributed by atoms with van der Waals surface area (Å²) in [6.07, 6.45) is 1.68. The molecule has 0 aliphatic rings. The Bertz CT molecular complexity index is 894. The molecule has 1 N–H and O–H groups in total. The maximum atomic E-state index is 11.9. The summed E-state index contributed by atoms with van der Waals surface area (Å²) < 4.78 is 27.7. The fraction of sp³-hybridized carbons (Fsp3) is 0.222. The van der Waals surface area contributed by atoms with Gasteiger partial charge in [0.05, 0.1) is 10.5 Å². The van der Waals surface area contributed by atoms with E-state index in [1.165, 1.54) is 24.3 Å². The number of nitrogens with one attached hydrogen (secondary N) is 1. The van der Waals surface area contributed by atoms with E-state index in [0.717, 1.165) is 11.8 Å². The quantitative estimate of drug-likeness (QED) is 0.726. The largest absolute Gasteiger partial charge is 0.452 e. The molecule has 0 atom stereocenters. The van der Waals surface area contributed by atoms with Crippen molar-refractivity contribution in [2.75, 3.05) is 19.4 Å². The van der Waals surface area contributed by atoms with Crippen molar-refractivity contribution in [1.29, 1.82) is 0 Å². The molecule has 1 amide bonds. The fourth-order valence-corrected chi connectivity index (χ4v) is 2.99. The van der Waals surface area contributed by atoms with Crippen molar-refractivity contribution in [1.82, 2.24) is 5.32 Å². The van der Waals surface area contributed by atoms with Crippen LogP contribution in [-0.4, -0.2) is 39.7 Å². The van der Waals surface area contributed by atoms with Crippen molar-refractivity contribution in [3.8, 4) is 0 Å². The zero-order chi connectivity index (χ0) is 19.2. The van der Waals surface area contributed by atoms with Gasteiger partial charge in [0, 0.05) is 17.8 Å². The number of hydrogen-bond acceptors (Lipinski definition) is 5. The number of carbonyl (C=O) groups is 2. The van der Waals surface area contributed by atoms with E-state index in [1.54, 1.807) is 6.07 Å². The molecule has 0 aromatic heterocycles. The Balaban J connectivity index is 1.77. The van der Waals surface area contributed by atoms with Crippen molar-refractivity contribution in [3.05, 3.63) is 64.7 Å². The Morgan fingerprint density at radius 2 is 1.81 bits per heavy atom. The topological polar surface area (TPSA) is 89.5 Å². The predicted molar refractivity (Wildman–Crippen MR) is 98.0 cm³/mol. The number of esters is 1. The van der Waals surface area contributed by atoms with Crippen LogP contribution in [0.15, 0.2) is 53.4 Å². The van der Waals surface area contributed by atoms with Crippen LogP contribution in [0.2, 0.25) is 5.02 Å². The van der Waals surface area contributed by atoms with Crippen LogP contribution in [0.25, 0.3) is 0 Å². The summed E-state index contributed by atoms with van der Waals surface area (Å²) in [6, 6.07) is 12.6. The van der Waals surface area contributed by atoms with Gasteiger partial charge in [-0.1, -0.05) is 23.7 Å². The van der Waals surface area contributed by atoms with E-state index >= 15 is 0 Å². The van der Waals surface area contributed by atoms with E-state index in [4.69, 9.17) is 16.3 Å². The minimum Gasteiger partial charge on any atom is -0.452 e. The first-order chi connectivity index (χ1) is 12.3. The molecule has 0 aliphatic carbocycles. The molecule has 0 saturated heterocycles. The van der Waals surface area contributed by atoms with Crippen molar-refractivity contribution in [3.63, 3.8) is 0 Å².